The number of pyridine rings is 1. The highest BCUT2D eigenvalue weighted by molar-refractivity contribution is 7.99. The molecule has 0 atom stereocenters. The molecule has 0 bridgehead atoms. The number of nitrogens with one attached hydrogen (secondary N) is 2. The van der Waals surface area contributed by atoms with Crippen LogP contribution in [0.3, 0.4) is 0 Å². The van der Waals surface area contributed by atoms with E-state index in [4.69, 9.17) is 4.98 Å². The van der Waals surface area contributed by atoms with Gasteiger partial charge in [0.15, 0.2) is 5.78 Å². The van der Waals surface area contributed by atoms with E-state index in [1.54, 1.807) is 18.2 Å². The van der Waals surface area contributed by atoms with Crippen LogP contribution >= 0.6 is 11.8 Å². The van der Waals surface area contributed by atoms with Crippen LogP contribution in [0.4, 0.5) is 0 Å². The monoisotopic (exact) mass is 377 g/mol. The lowest BCUT2D eigenvalue weighted by Gasteiger charge is -2.09. The van der Waals surface area contributed by atoms with E-state index >= 15 is 0 Å². The maximum absolute atomic E-state index is 12.6. The molecule has 4 aromatic rings. The van der Waals surface area contributed by atoms with Gasteiger partial charge in [-0.2, -0.15) is 0 Å². The van der Waals surface area contributed by atoms with Crippen LogP contribution in [0.2, 0.25) is 0 Å². The third kappa shape index (κ3) is 3.40. The summed E-state index contributed by atoms with van der Waals surface area (Å²) in [6, 6.07) is 11.5. The third-order valence-electron chi connectivity index (χ3n) is 4.62. The van der Waals surface area contributed by atoms with Gasteiger partial charge < -0.3 is 9.97 Å². The first kappa shape index (κ1) is 17.5. The number of aromatic amines is 2. The van der Waals surface area contributed by atoms with Crippen LogP contribution in [0.5, 0.6) is 0 Å². The number of thioether (sulfide) groups is 1. The van der Waals surface area contributed by atoms with Crippen molar-refractivity contribution in [3.63, 3.8) is 0 Å². The van der Waals surface area contributed by atoms with E-state index in [0.717, 1.165) is 27.1 Å². The first-order valence-corrected chi connectivity index (χ1v) is 9.66. The Bertz CT molecular complexity index is 1250. The number of carbonyl (C=O) groups is 1. The van der Waals surface area contributed by atoms with Crippen LogP contribution in [0.1, 0.15) is 27.0 Å². The highest BCUT2D eigenvalue weighted by Gasteiger charge is 2.11. The van der Waals surface area contributed by atoms with Gasteiger partial charge in [-0.3, -0.25) is 4.79 Å². The zero-order valence-electron chi connectivity index (χ0n) is 15.3. The van der Waals surface area contributed by atoms with Crippen molar-refractivity contribution in [3.8, 4) is 0 Å². The smallest absolute Gasteiger partial charge is 0.306 e. The Kier molecular flexibility index (Phi) is 4.36. The summed E-state index contributed by atoms with van der Waals surface area (Å²) in [7, 11) is 0. The van der Waals surface area contributed by atoms with Crippen molar-refractivity contribution in [1.82, 2.24) is 15.0 Å². The molecule has 136 valence electrons. The fourth-order valence-electron chi connectivity index (χ4n) is 3.32. The predicted octanol–water partition coefficient (Wildman–Crippen LogP) is 4.30. The van der Waals surface area contributed by atoms with E-state index in [-0.39, 0.29) is 11.5 Å². The minimum Gasteiger partial charge on any atom is -0.306 e. The van der Waals surface area contributed by atoms with Crippen LogP contribution < -0.4 is 5.69 Å². The highest BCUT2D eigenvalue weighted by Crippen LogP contribution is 2.27. The minimum atomic E-state index is -0.273. The Hall–Kier alpha value is -2.86. The summed E-state index contributed by atoms with van der Waals surface area (Å²) in [5.74, 6) is 0.298. The summed E-state index contributed by atoms with van der Waals surface area (Å²) in [4.78, 5) is 34.1. The van der Waals surface area contributed by atoms with E-state index in [9.17, 15) is 9.59 Å². The Morgan fingerprint density at radius 2 is 1.78 bits per heavy atom. The molecule has 2 aromatic heterocycles. The molecule has 6 heteroatoms. The van der Waals surface area contributed by atoms with Gasteiger partial charge in [0.1, 0.15) is 0 Å². The van der Waals surface area contributed by atoms with Crippen molar-refractivity contribution in [2.75, 3.05) is 5.75 Å². The van der Waals surface area contributed by atoms with Gasteiger partial charge in [-0.05, 0) is 62.2 Å². The molecule has 2 heterocycles. The van der Waals surface area contributed by atoms with Gasteiger partial charge in [-0.15, -0.1) is 0 Å². The quantitative estimate of drug-likeness (QED) is 0.410. The molecule has 0 fully saturated rings. The number of carbonyl (C=O) groups excluding carboxylic acids is 1. The first-order valence-electron chi connectivity index (χ1n) is 8.67. The lowest BCUT2D eigenvalue weighted by atomic mass is 10.0. The molecule has 2 aromatic carbocycles. The van der Waals surface area contributed by atoms with Crippen molar-refractivity contribution < 1.29 is 4.79 Å². The number of imidazole rings is 1. The van der Waals surface area contributed by atoms with Crippen LogP contribution in [0, 0.1) is 20.8 Å². The lowest BCUT2D eigenvalue weighted by molar-refractivity contribution is 0.102. The normalized spacial score (nSPS) is 11.4. The summed E-state index contributed by atoms with van der Waals surface area (Å²) in [6.07, 6.45) is 0. The van der Waals surface area contributed by atoms with Gasteiger partial charge in [0, 0.05) is 10.9 Å². The first-order chi connectivity index (χ1) is 12.9. The fraction of sp³-hybridized carbons (Fsp3) is 0.190. The molecule has 2 N–H and O–H groups in total. The van der Waals surface area contributed by atoms with E-state index in [0.29, 0.717) is 22.3 Å². The van der Waals surface area contributed by atoms with E-state index in [2.05, 4.69) is 42.9 Å². The molecule has 0 aliphatic carbocycles. The zero-order chi connectivity index (χ0) is 19.1. The summed E-state index contributed by atoms with van der Waals surface area (Å²) in [6.45, 7) is 6.22. The summed E-state index contributed by atoms with van der Waals surface area (Å²) < 4.78 is 0. The lowest BCUT2D eigenvalue weighted by Crippen LogP contribution is -2.03. The van der Waals surface area contributed by atoms with Gasteiger partial charge in [0.25, 0.3) is 0 Å². The predicted molar refractivity (Wildman–Crippen MR) is 110 cm³/mol. The number of H-pyrrole nitrogens is 2. The molecule has 0 aliphatic rings. The van der Waals surface area contributed by atoms with Gasteiger partial charge in [0.05, 0.1) is 27.3 Å². The average Bonchev–Trinajstić information content (AvgIpc) is 2.99. The number of benzene rings is 2. The molecule has 0 saturated carbocycles. The second-order valence-corrected chi connectivity index (χ2v) is 7.80. The molecular weight excluding hydrogens is 358 g/mol. The maximum Gasteiger partial charge on any atom is 0.323 e. The molecule has 27 heavy (non-hydrogen) atoms. The molecular formula is C21H19N3O2S. The van der Waals surface area contributed by atoms with Crippen molar-refractivity contribution in [2.45, 2.75) is 25.8 Å². The Morgan fingerprint density at radius 1 is 1.00 bits per heavy atom. The molecule has 0 amide bonds. The van der Waals surface area contributed by atoms with Gasteiger partial charge in [0.2, 0.25) is 0 Å². The highest BCUT2D eigenvalue weighted by atomic mass is 32.2. The number of nitrogens with zero attached hydrogens (tertiary/aromatic N) is 1. The minimum absolute atomic E-state index is 0.00382. The standard InChI is InChI=1S/C21H19N3O2S/c1-11-6-13(3)20-15(7-11)12(2)8-19(24-20)27-10-18(25)14-4-5-16-17(9-14)23-21(26)22-16/h4-9H,10H2,1-3H3,(H2,22,23,26). The largest absolute Gasteiger partial charge is 0.323 e. The molecule has 4 rings (SSSR count). The van der Waals surface area contributed by atoms with Crippen LogP contribution in [0.25, 0.3) is 21.9 Å². The summed E-state index contributed by atoms with van der Waals surface area (Å²) in [5.41, 5.74) is 6.15. The number of ketones is 1. The third-order valence-corrected chi connectivity index (χ3v) is 5.53. The number of rotatable bonds is 4. The number of aryl methyl sites for hydroxylation is 3. The van der Waals surface area contributed by atoms with Crippen molar-refractivity contribution in [3.05, 3.63) is 69.1 Å². The Morgan fingerprint density at radius 3 is 2.59 bits per heavy atom. The van der Waals surface area contributed by atoms with E-state index < -0.39 is 0 Å². The number of aromatic nitrogens is 3. The fourth-order valence-corrected chi connectivity index (χ4v) is 4.18. The maximum atomic E-state index is 12.6. The number of Topliss-reactive ketones (excluding diaryl/α,β-unsaturated/α-hetero) is 1. The second kappa shape index (κ2) is 6.70. The second-order valence-electron chi connectivity index (χ2n) is 6.81. The molecule has 0 unspecified atom stereocenters. The molecule has 5 nitrogen and oxygen atoms in total. The van der Waals surface area contributed by atoms with Crippen molar-refractivity contribution in [1.29, 1.82) is 0 Å². The van der Waals surface area contributed by atoms with E-state index in [1.165, 1.54) is 17.3 Å². The summed E-state index contributed by atoms with van der Waals surface area (Å²) >= 11 is 1.44. The SMILES string of the molecule is Cc1cc(C)c2nc(SCC(=O)c3ccc4[nH]c(=O)[nH]c4c3)cc(C)c2c1. The topological polar surface area (TPSA) is 78.6 Å². The van der Waals surface area contributed by atoms with Crippen LogP contribution in [0.15, 0.2) is 46.2 Å². The van der Waals surface area contributed by atoms with Gasteiger partial charge in [-0.1, -0.05) is 23.4 Å². The summed E-state index contributed by atoms with van der Waals surface area (Å²) in [5, 5.41) is 2.00. The Labute approximate surface area is 160 Å². The number of hydrogen-bond acceptors (Lipinski definition) is 4. The number of fused-ring (bicyclic) bond motifs is 2. The van der Waals surface area contributed by atoms with Crippen molar-refractivity contribution >= 4 is 39.5 Å². The Balaban J connectivity index is 1.58. The van der Waals surface area contributed by atoms with Gasteiger partial charge >= 0.3 is 5.69 Å². The molecule has 0 aliphatic heterocycles. The number of hydrogen-bond donors (Lipinski definition) is 2. The van der Waals surface area contributed by atoms with Crippen LogP contribution in [-0.2, 0) is 0 Å². The van der Waals surface area contributed by atoms with E-state index in [1.807, 2.05) is 6.07 Å². The zero-order valence-corrected chi connectivity index (χ0v) is 16.2. The van der Waals surface area contributed by atoms with Crippen LogP contribution in [-0.4, -0.2) is 26.5 Å². The molecule has 0 spiro atoms. The average molecular weight is 377 g/mol. The van der Waals surface area contributed by atoms with Gasteiger partial charge in [-0.25, -0.2) is 9.78 Å². The van der Waals surface area contributed by atoms with Crippen molar-refractivity contribution in [2.24, 2.45) is 0 Å². The molecule has 0 radical (unpaired) electrons. The molecule has 0 saturated heterocycles.